The van der Waals surface area contributed by atoms with Crippen molar-refractivity contribution in [2.45, 2.75) is 13.1 Å². The van der Waals surface area contributed by atoms with E-state index in [9.17, 15) is 0 Å². The number of benzene rings is 8. The van der Waals surface area contributed by atoms with Crippen molar-refractivity contribution in [3.63, 3.8) is 0 Å². The number of nitrogens with zero attached hydrogens (tertiary/aromatic N) is 2. The molecule has 3 heteroatoms. The minimum absolute atomic E-state index is 0.767. The van der Waals surface area contributed by atoms with E-state index in [1.807, 2.05) is 0 Å². The lowest BCUT2D eigenvalue weighted by atomic mass is 9.95. The van der Waals surface area contributed by atoms with Crippen molar-refractivity contribution >= 4 is 18.6 Å². The van der Waals surface area contributed by atoms with Crippen LogP contribution in [-0.2, 0) is 0 Å². The standard InChI is InChI=1S/C54H40N2Si/c1-57(2)50-28-10-9-27-49(50)51-52(47-25-13-20-42(35-47)40-31-29-39(30-32-40)37-15-5-3-6-16-37)55-53(56-54(51)57)48-26-14-24-46(36-48)45-23-12-22-44(34-45)43-21-11-19-41(33-43)38-17-7-4-8-18-38/h3-36H,1-2H3. The largest absolute Gasteiger partial charge is 0.237 e. The first-order valence-electron chi connectivity index (χ1n) is 19.6. The van der Waals surface area contributed by atoms with E-state index in [4.69, 9.17) is 9.97 Å². The first-order chi connectivity index (χ1) is 28.0. The third-order valence-electron chi connectivity index (χ3n) is 11.5. The predicted molar refractivity (Wildman–Crippen MR) is 242 cm³/mol. The highest BCUT2D eigenvalue weighted by molar-refractivity contribution is 7.03. The predicted octanol–water partition coefficient (Wildman–Crippen LogP) is 12.9. The Morgan fingerprint density at radius 3 is 1.25 bits per heavy atom. The second-order valence-corrected chi connectivity index (χ2v) is 19.7. The van der Waals surface area contributed by atoms with E-state index in [1.54, 1.807) is 0 Å². The van der Waals surface area contributed by atoms with Crippen LogP contribution in [0.4, 0.5) is 0 Å². The fourth-order valence-corrected chi connectivity index (χ4v) is 11.3. The van der Waals surface area contributed by atoms with Crippen molar-refractivity contribution in [2.75, 3.05) is 0 Å². The van der Waals surface area contributed by atoms with E-state index in [-0.39, 0.29) is 0 Å². The van der Waals surface area contributed by atoms with Crippen molar-refractivity contribution in [2.24, 2.45) is 0 Å². The SMILES string of the molecule is C[Si]1(C)c2ccccc2-c2c(-c3cccc(-c4ccc(-c5ccccc5)cc4)c3)nc(-c3cccc(-c4cccc(-c5cccc(-c6ccccc6)c5)c4)c3)nc21. The maximum absolute atomic E-state index is 5.49. The molecular weight excluding hydrogens is 705 g/mol. The topological polar surface area (TPSA) is 25.8 Å². The van der Waals surface area contributed by atoms with Crippen LogP contribution in [0.3, 0.4) is 0 Å². The molecule has 1 aliphatic heterocycles. The van der Waals surface area contributed by atoms with E-state index in [1.165, 1.54) is 66.1 Å². The molecule has 0 N–H and O–H groups in total. The van der Waals surface area contributed by atoms with Gasteiger partial charge in [-0.2, -0.15) is 0 Å². The maximum Gasteiger partial charge on any atom is 0.159 e. The number of rotatable bonds is 7. The Morgan fingerprint density at radius 2 is 0.684 bits per heavy atom. The van der Waals surface area contributed by atoms with Crippen LogP contribution in [0.25, 0.3) is 89.4 Å². The lowest BCUT2D eigenvalue weighted by Gasteiger charge is -2.19. The monoisotopic (exact) mass is 744 g/mol. The van der Waals surface area contributed by atoms with Crippen LogP contribution in [0.15, 0.2) is 206 Å². The normalized spacial score (nSPS) is 12.5. The summed E-state index contributed by atoms with van der Waals surface area (Å²) < 4.78 is 0. The molecule has 270 valence electrons. The summed E-state index contributed by atoms with van der Waals surface area (Å²) in [6.07, 6.45) is 0. The minimum Gasteiger partial charge on any atom is -0.237 e. The van der Waals surface area contributed by atoms with Crippen LogP contribution in [-0.4, -0.2) is 18.0 Å². The number of hydrogen-bond donors (Lipinski definition) is 0. The van der Waals surface area contributed by atoms with Gasteiger partial charge in [-0.05, 0) is 90.7 Å². The van der Waals surface area contributed by atoms with Gasteiger partial charge in [0.1, 0.15) is 8.07 Å². The summed E-state index contributed by atoms with van der Waals surface area (Å²) in [7, 11) is -2.13. The van der Waals surface area contributed by atoms with Gasteiger partial charge >= 0.3 is 0 Å². The third kappa shape index (κ3) is 6.42. The van der Waals surface area contributed by atoms with Crippen molar-refractivity contribution in [3.05, 3.63) is 206 Å². The van der Waals surface area contributed by atoms with Crippen LogP contribution in [0.1, 0.15) is 0 Å². The molecular formula is C54H40N2Si. The summed E-state index contributed by atoms with van der Waals surface area (Å²) in [6.45, 7) is 4.86. The summed E-state index contributed by atoms with van der Waals surface area (Å²) >= 11 is 0. The quantitative estimate of drug-likeness (QED) is 0.152. The fourth-order valence-electron chi connectivity index (χ4n) is 8.44. The van der Waals surface area contributed by atoms with Gasteiger partial charge in [0.2, 0.25) is 0 Å². The van der Waals surface area contributed by atoms with E-state index in [2.05, 4.69) is 219 Å². The van der Waals surface area contributed by atoms with Gasteiger partial charge in [0.15, 0.2) is 5.82 Å². The molecule has 0 bridgehead atoms. The molecule has 0 spiro atoms. The second-order valence-electron chi connectivity index (χ2n) is 15.4. The Hall–Kier alpha value is -6.94. The van der Waals surface area contributed by atoms with Gasteiger partial charge in [0.25, 0.3) is 0 Å². The third-order valence-corrected chi connectivity index (χ3v) is 14.8. The van der Waals surface area contributed by atoms with Crippen LogP contribution in [0.5, 0.6) is 0 Å². The lowest BCUT2D eigenvalue weighted by molar-refractivity contribution is 1.21. The molecule has 10 rings (SSSR count). The van der Waals surface area contributed by atoms with E-state index < -0.39 is 8.07 Å². The van der Waals surface area contributed by atoms with Crippen LogP contribution in [0.2, 0.25) is 13.1 Å². The zero-order valence-corrected chi connectivity index (χ0v) is 33.0. The van der Waals surface area contributed by atoms with E-state index in [0.29, 0.717) is 0 Å². The van der Waals surface area contributed by atoms with E-state index >= 15 is 0 Å². The summed E-state index contributed by atoms with van der Waals surface area (Å²) in [4.78, 5) is 11.0. The highest BCUT2D eigenvalue weighted by Crippen LogP contribution is 2.38. The van der Waals surface area contributed by atoms with E-state index in [0.717, 1.165) is 33.8 Å². The van der Waals surface area contributed by atoms with Crippen molar-refractivity contribution in [3.8, 4) is 89.4 Å². The molecule has 0 aliphatic carbocycles. The number of aromatic nitrogens is 2. The minimum atomic E-state index is -2.13. The molecule has 1 aliphatic rings. The van der Waals surface area contributed by atoms with Gasteiger partial charge in [-0.1, -0.05) is 195 Å². The number of fused-ring (bicyclic) bond motifs is 3. The second kappa shape index (κ2) is 14.3. The fraction of sp³-hybridized carbons (Fsp3) is 0.0370. The Kier molecular flexibility index (Phi) is 8.66. The van der Waals surface area contributed by atoms with Gasteiger partial charge in [0.05, 0.1) is 5.69 Å². The summed E-state index contributed by atoms with van der Waals surface area (Å²) in [5.41, 5.74) is 17.5. The van der Waals surface area contributed by atoms with Crippen LogP contribution in [0, 0.1) is 0 Å². The van der Waals surface area contributed by atoms with Crippen molar-refractivity contribution in [1.82, 2.24) is 9.97 Å². The van der Waals surface area contributed by atoms with Gasteiger partial charge in [-0.15, -0.1) is 0 Å². The molecule has 0 atom stereocenters. The summed E-state index contributed by atoms with van der Waals surface area (Å²) in [6, 6.07) is 74.2. The maximum atomic E-state index is 5.49. The van der Waals surface area contributed by atoms with Gasteiger partial charge in [-0.25, -0.2) is 9.97 Å². The average molecular weight is 745 g/mol. The van der Waals surface area contributed by atoms with Crippen LogP contribution < -0.4 is 10.5 Å². The highest BCUT2D eigenvalue weighted by atomic mass is 28.3. The Balaban J connectivity index is 1.06. The summed E-state index contributed by atoms with van der Waals surface area (Å²) in [5.74, 6) is 0.767. The Morgan fingerprint density at radius 1 is 0.316 bits per heavy atom. The molecule has 1 aromatic heterocycles. The van der Waals surface area contributed by atoms with Crippen LogP contribution >= 0.6 is 0 Å². The van der Waals surface area contributed by atoms with Gasteiger partial charge in [-0.3, -0.25) is 0 Å². The zero-order chi connectivity index (χ0) is 38.3. The first-order valence-corrected chi connectivity index (χ1v) is 22.6. The van der Waals surface area contributed by atoms with Crippen molar-refractivity contribution < 1.29 is 0 Å². The number of hydrogen-bond acceptors (Lipinski definition) is 2. The summed E-state index contributed by atoms with van der Waals surface area (Å²) in [5, 5.41) is 2.62. The first kappa shape index (κ1) is 34.5. The average Bonchev–Trinajstić information content (AvgIpc) is 3.52. The molecule has 0 saturated carbocycles. The smallest absolute Gasteiger partial charge is 0.159 e. The molecule has 0 radical (unpaired) electrons. The molecule has 0 saturated heterocycles. The zero-order valence-electron chi connectivity index (χ0n) is 32.0. The lowest BCUT2D eigenvalue weighted by Crippen LogP contribution is -2.50. The molecule has 9 aromatic rings. The van der Waals surface area contributed by atoms with Gasteiger partial charge in [0, 0.05) is 22.0 Å². The molecule has 0 unspecified atom stereocenters. The molecule has 0 fully saturated rings. The Labute approximate surface area is 335 Å². The molecule has 2 nitrogen and oxygen atoms in total. The highest BCUT2D eigenvalue weighted by Gasteiger charge is 2.41. The molecule has 8 aromatic carbocycles. The molecule has 57 heavy (non-hydrogen) atoms. The molecule has 2 heterocycles. The Bertz CT molecular complexity index is 2910. The van der Waals surface area contributed by atoms with Crippen molar-refractivity contribution in [1.29, 1.82) is 0 Å². The molecule has 0 amide bonds. The van der Waals surface area contributed by atoms with Gasteiger partial charge < -0.3 is 0 Å².